The Bertz CT molecular complexity index is 763. The van der Waals surface area contributed by atoms with Gasteiger partial charge in [-0.2, -0.15) is 4.99 Å². The van der Waals surface area contributed by atoms with Gasteiger partial charge in [-0.3, -0.25) is 4.79 Å². The molecule has 4 rings (SSSR count). The maximum atomic E-state index is 12.3. The van der Waals surface area contributed by atoms with Gasteiger partial charge in [-0.15, -0.1) is 0 Å². The van der Waals surface area contributed by atoms with E-state index in [1.54, 1.807) is 0 Å². The lowest BCUT2D eigenvalue weighted by Gasteiger charge is -2.27. The van der Waals surface area contributed by atoms with Crippen LogP contribution in [0.3, 0.4) is 0 Å². The SMILES string of the molecule is CC1Oc2ccccc2C=C1C=C1SC(N2CCOCC2)=NC1=O. The molecule has 3 aliphatic rings. The van der Waals surface area contributed by atoms with Crippen LogP contribution in [0.2, 0.25) is 0 Å². The fourth-order valence-corrected chi connectivity index (χ4v) is 3.83. The lowest BCUT2D eigenvalue weighted by Crippen LogP contribution is -2.38. The van der Waals surface area contributed by atoms with Crippen LogP contribution >= 0.6 is 11.8 Å². The molecule has 3 aliphatic heterocycles. The van der Waals surface area contributed by atoms with Gasteiger partial charge in [0.25, 0.3) is 5.91 Å². The number of ether oxygens (including phenoxy) is 2. The monoisotopic (exact) mass is 342 g/mol. The zero-order valence-corrected chi connectivity index (χ0v) is 14.2. The number of rotatable bonds is 1. The molecule has 5 nitrogen and oxygen atoms in total. The van der Waals surface area contributed by atoms with Gasteiger partial charge in [0.1, 0.15) is 11.9 Å². The lowest BCUT2D eigenvalue weighted by molar-refractivity contribution is -0.113. The average molecular weight is 342 g/mol. The summed E-state index contributed by atoms with van der Waals surface area (Å²) in [7, 11) is 0. The van der Waals surface area contributed by atoms with E-state index in [-0.39, 0.29) is 12.0 Å². The topological polar surface area (TPSA) is 51.1 Å². The Morgan fingerprint density at radius 2 is 2.08 bits per heavy atom. The summed E-state index contributed by atoms with van der Waals surface area (Å²) in [5.74, 6) is 0.705. The number of hydrogen-bond donors (Lipinski definition) is 0. The Kier molecular flexibility index (Phi) is 4.16. The first-order valence-corrected chi connectivity index (χ1v) is 8.85. The van der Waals surface area contributed by atoms with Crippen molar-refractivity contribution in [1.29, 1.82) is 0 Å². The van der Waals surface area contributed by atoms with Crippen LogP contribution in [-0.4, -0.2) is 48.4 Å². The Balaban J connectivity index is 1.56. The summed E-state index contributed by atoms with van der Waals surface area (Å²) in [5.41, 5.74) is 2.02. The molecule has 0 saturated carbocycles. The van der Waals surface area contributed by atoms with Gasteiger partial charge in [-0.05, 0) is 42.5 Å². The number of carbonyl (C=O) groups excluding carboxylic acids is 1. The number of para-hydroxylation sites is 1. The van der Waals surface area contributed by atoms with Crippen molar-refractivity contribution in [3.05, 3.63) is 46.4 Å². The molecule has 1 aromatic rings. The average Bonchev–Trinajstić information content (AvgIpc) is 2.97. The molecule has 124 valence electrons. The molecule has 0 spiro atoms. The number of nitrogens with zero attached hydrogens (tertiary/aromatic N) is 2. The van der Waals surface area contributed by atoms with Gasteiger partial charge >= 0.3 is 0 Å². The van der Waals surface area contributed by atoms with Gasteiger partial charge in [0.2, 0.25) is 0 Å². The fourth-order valence-electron chi connectivity index (χ4n) is 2.86. The predicted molar refractivity (Wildman–Crippen MR) is 95.0 cm³/mol. The normalized spacial score (nSPS) is 25.2. The van der Waals surface area contributed by atoms with E-state index in [4.69, 9.17) is 9.47 Å². The number of amidine groups is 1. The van der Waals surface area contributed by atoms with E-state index in [0.29, 0.717) is 18.1 Å². The van der Waals surface area contributed by atoms with Gasteiger partial charge in [-0.1, -0.05) is 18.2 Å². The van der Waals surface area contributed by atoms with E-state index < -0.39 is 0 Å². The quantitative estimate of drug-likeness (QED) is 0.735. The highest BCUT2D eigenvalue weighted by atomic mass is 32.2. The molecule has 24 heavy (non-hydrogen) atoms. The minimum absolute atomic E-state index is 0.0896. The first kappa shape index (κ1) is 15.5. The van der Waals surface area contributed by atoms with Crippen molar-refractivity contribution in [2.24, 2.45) is 4.99 Å². The second-order valence-corrected chi connectivity index (χ2v) is 6.86. The number of hydrogen-bond acceptors (Lipinski definition) is 5. The zero-order chi connectivity index (χ0) is 16.5. The van der Waals surface area contributed by atoms with E-state index in [2.05, 4.69) is 16.0 Å². The third-order valence-corrected chi connectivity index (χ3v) is 5.25. The number of thioether (sulfide) groups is 1. The van der Waals surface area contributed by atoms with Crippen LogP contribution in [-0.2, 0) is 9.53 Å². The van der Waals surface area contributed by atoms with Gasteiger partial charge in [-0.25, -0.2) is 0 Å². The number of aliphatic imine (C=N–C) groups is 1. The number of morpholine rings is 1. The Labute approximate surface area is 145 Å². The molecule has 0 bridgehead atoms. The minimum Gasteiger partial charge on any atom is -0.485 e. The summed E-state index contributed by atoms with van der Waals surface area (Å²) >= 11 is 1.44. The summed E-state index contributed by atoms with van der Waals surface area (Å²) in [6, 6.07) is 7.91. The minimum atomic E-state index is -0.173. The number of carbonyl (C=O) groups is 1. The van der Waals surface area contributed by atoms with Crippen molar-refractivity contribution in [2.75, 3.05) is 26.3 Å². The molecule has 1 fully saturated rings. The molecule has 3 heterocycles. The standard InChI is InChI=1S/C18H18N2O3S/c1-12-14(10-13-4-2-3-5-15(13)23-12)11-16-17(21)19-18(24-16)20-6-8-22-9-7-20/h2-5,10-12H,6-9H2,1H3. The summed E-state index contributed by atoms with van der Waals surface area (Å²) in [6.45, 7) is 4.91. The predicted octanol–water partition coefficient (Wildman–Crippen LogP) is 2.70. The van der Waals surface area contributed by atoms with E-state index in [1.807, 2.05) is 37.3 Å². The Hall–Kier alpha value is -2.05. The number of amides is 1. The van der Waals surface area contributed by atoms with Crippen molar-refractivity contribution in [3.63, 3.8) is 0 Å². The van der Waals surface area contributed by atoms with Crippen LogP contribution < -0.4 is 4.74 Å². The highest BCUT2D eigenvalue weighted by Gasteiger charge is 2.28. The highest BCUT2D eigenvalue weighted by Crippen LogP contribution is 2.34. The summed E-state index contributed by atoms with van der Waals surface area (Å²) in [4.78, 5) is 19.2. The van der Waals surface area contributed by atoms with Crippen molar-refractivity contribution < 1.29 is 14.3 Å². The van der Waals surface area contributed by atoms with Gasteiger partial charge in [0.05, 0.1) is 18.1 Å². The molecule has 1 atom stereocenters. The first-order chi connectivity index (χ1) is 11.7. The van der Waals surface area contributed by atoms with Crippen LogP contribution in [0.4, 0.5) is 0 Å². The van der Waals surface area contributed by atoms with E-state index in [1.165, 1.54) is 11.8 Å². The summed E-state index contributed by atoms with van der Waals surface area (Å²) in [6.07, 6.45) is 3.90. The molecular formula is C18H18N2O3S. The van der Waals surface area contributed by atoms with Gasteiger partial charge < -0.3 is 14.4 Å². The van der Waals surface area contributed by atoms with Gasteiger partial charge in [0.15, 0.2) is 5.17 Å². The number of fused-ring (bicyclic) bond motifs is 1. The van der Waals surface area contributed by atoms with Crippen LogP contribution in [0.1, 0.15) is 12.5 Å². The molecule has 1 aromatic carbocycles. The maximum Gasteiger partial charge on any atom is 0.286 e. The molecule has 6 heteroatoms. The lowest BCUT2D eigenvalue weighted by atomic mass is 10.0. The second kappa shape index (κ2) is 6.45. The second-order valence-electron chi connectivity index (χ2n) is 5.85. The van der Waals surface area contributed by atoms with Crippen LogP contribution in [0.25, 0.3) is 6.08 Å². The smallest absolute Gasteiger partial charge is 0.286 e. The molecule has 0 aromatic heterocycles. The third kappa shape index (κ3) is 2.99. The fraction of sp³-hybridized carbons (Fsp3) is 0.333. The highest BCUT2D eigenvalue weighted by molar-refractivity contribution is 8.18. The van der Waals surface area contributed by atoms with E-state index in [9.17, 15) is 4.79 Å². The zero-order valence-electron chi connectivity index (χ0n) is 13.4. The van der Waals surface area contributed by atoms with Crippen LogP contribution in [0, 0.1) is 0 Å². The molecule has 0 aliphatic carbocycles. The maximum absolute atomic E-state index is 12.3. The third-order valence-electron chi connectivity index (χ3n) is 4.20. The summed E-state index contributed by atoms with van der Waals surface area (Å²) < 4.78 is 11.3. The van der Waals surface area contributed by atoms with Crippen LogP contribution in [0.15, 0.2) is 45.8 Å². The molecule has 0 radical (unpaired) electrons. The van der Waals surface area contributed by atoms with Crippen LogP contribution in [0.5, 0.6) is 5.75 Å². The molecule has 1 amide bonds. The summed E-state index contributed by atoms with van der Waals surface area (Å²) in [5, 5.41) is 0.778. The molecule has 0 N–H and O–H groups in total. The molecule has 1 saturated heterocycles. The van der Waals surface area contributed by atoms with Crippen molar-refractivity contribution in [2.45, 2.75) is 13.0 Å². The first-order valence-electron chi connectivity index (χ1n) is 8.03. The Morgan fingerprint density at radius 1 is 1.29 bits per heavy atom. The number of benzene rings is 1. The van der Waals surface area contributed by atoms with E-state index >= 15 is 0 Å². The van der Waals surface area contributed by atoms with Gasteiger partial charge in [0, 0.05) is 18.7 Å². The van der Waals surface area contributed by atoms with Crippen molar-refractivity contribution in [1.82, 2.24) is 4.90 Å². The van der Waals surface area contributed by atoms with Crippen molar-refractivity contribution >= 4 is 28.9 Å². The van der Waals surface area contributed by atoms with Crippen molar-refractivity contribution in [3.8, 4) is 5.75 Å². The van der Waals surface area contributed by atoms with E-state index in [0.717, 1.165) is 35.1 Å². The Morgan fingerprint density at radius 3 is 2.92 bits per heavy atom. The molecular weight excluding hydrogens is 324 g/mol. The molecule has 1 unspecified atom stereocenters. The largest absolute Gasteiger partial charge is 0.485 e.